The third kappa shape index (κ3) is 7.37. The van der Waals surface area contributed by atoms with Gasteiger partial charge in [0.15, 0.2) is 0 Å². The van der Waals surface area contributed by atoms with Gasteiger partial charge in [-0.25, -0.2) is 0 Å². The van der Waals surface area contributed by atoms with Crippen LogP contribution in [-0.2, 0) is 6.42 Å². The molecule has 0 heterocycles. The van der Waals surface area contributed by atoms with E-state index in [9.17, 15) is 0 Å². The smallest absolute Gasteiger partial charge is 0.00443 e. The minimum atomic E-state index is 0.608. The first-order chi connectivity index (χ1) is 9.11. The summed E-state index contributed by atoms with van der Waals surface area (Å²) >= 11 is 0. The van der Waals surface area contributed by atoms with Crippen LogP contribution >= 0.6 is 0 Å². The Labute approximate surface area is 119 Å². The van der Waals surface area contributed by atoms with Crippen molar-refractivity contribution in [2.24, 2.45) is 0 Å². The second-order valence-corrected chi connectivity index (χ2v) is 5.99. The van der Waals surface area contributed by atoms with E-state index < -0.39 is 0 Å². The molecule has 19 heavy (non-hydrogen) atoms. The fourth-order valence-electron chi connectivity index (χ4n) is 2.60. The van der Waals surface area contributed by atoms with Crippen LogP contribution in [0.4, 0.5) is 0 Å². The molecule has 0 radical (unpaired) electrons. The summed E-state index contributed by atoms with van der Waals surface area (Å²) in [5.74, 6) is 0. The van der Waals surface area contributed by atoms with Crippen LogP contribution in [-0.4, -0.2) is 12.1 Å². The molecule has 0 saturated carbocycles. The Balaban J connectivity index is 2.21. The third-order valence-corrected chi connectivity index (χ3v) is 3.76. The van der Waals surface area contributed by atoms with Crippen LogP contribution in [0.2, 0.25) is 0 Å². The quantitative estimate of drug-likeness (QED) is 0.625. The highest BCUT2D eigenvalue weighted by atomic mass is 14.9. The van der Waals surface area contributed by atoms with Crippen molar-refractivity contribution in [1.29, 1.82) is 0 Å². The molecule has 2 atom stereocenters. The van der Waals surface area contributed by atoms with E-state index in [1.807, 2.05) is 0 Å². The Morgan fingerprint density at radius 3 is 2.47 bits per heavy atom. The molecule has 108 valence electrons. The molecule has 0 aliphatic rings. The highest BCUT2D eigenvalue weighted by Gasteiger charge is 2.07. The number of rotatable bonds is 9. The van der Waals surface area contributed by atoms with Crippen LogP contribution in [0.1, 0.15) is 64.0 Å². The lowest BCUT2D eigenvalue weighted by atomic mass is 10.0. The molecule has 1 rings (SSSR count). The SMILES string of the molecule is CCCCCC(C)NC(C)CCc1cccc(C)c1. The van der Waals surface area contributed by atoms with Crippen LogP contribution in [0.5, 0.6) is 0 Å². The summed E-state index contributed by atoms with van der Waals surface area (Å²) in [4.78, 5) is 0. The van der Waals surface area contributed by atoms with Gasteiger partial charge in [0.1, 0.15) is 0 Å². The van der Waals surface area contributed by atoms with E-state index in [-0.39, 0.29) is 0 Å². The van der Waals surface area contributed by atoms with Crippen molar-refractivity contribution in [1.82, 2.24) is 5.32 Å². The minimum Gasteiger partial charge on any atom is -0.312 e. The van der Waals surface area contributed by atoms with Gasteiger partial charge in [0.05, 0.1) is 0 Å². The number of hydrogen-bond donors (Lipinski definition) is 1. The maximum atomic E-state index is 3.72. The van der Waals surface area contributed by atoms with Crippen molar-refractivity contribution in [2.45, 2.75) is 78.3 Å². The number of aryl methyl sites for hydroxylation is 2. The zero-order chi connectivity index (χ0) is 14.1. The van der Waals surface area contributed by atoms with Crippen molar-refractivity contribution >= 4 is 0 Å². The highest BCUT2D eigenvalue weighted by molar-refractivity contribution is 5.22. The molecule has 0 spiro atoms. The lowest BCUT2D eigenvalue weighted by Crippen LogP contribution is -2.34. The maximum absolute atomic E-state index is 3.72. The minimum absolute atomic E-state index is 0.608. The fraction of sp³-hybridized carbons (Fsp3) is 0.667. The van der Waals surface area contributed by atoms with Crippen molar-refractivity contribution in [3.05, 3.63) is 35.4 Å². The monoisotopic (exact) mass is 261 g/mol. The molecule has 0 aliphatic carbocycles. The van der Waals surface area contributed by atoms with Crippen LogP contribution in [0.3, 0.4) is 0 Å². The van der Waals surface area contributed by atoms with E-state index in [1.54, 1.807) is 0 Å². The largest absolute Gasteiger partial charge is 0.312 e. The van der Waals surface area contributed by atoms with E-state index >= 15 is 0 Å². The molecule has 0 amide bonds. The predicted octanol–water partition coefficient (Wildman–Crippen LogP) is 4.87. The Morgan fingerprint density at radius 2 is 1.79 bits per heavy atom. The summed E-state index contributed by atoms with van der Waals surface area (Å²) in [6, 6.07) is 10.1. The van der Waals surface area contributed by atoms with Gasteiger partial charge in [-0.15, -0.1) is 0 Å². The van der Waals surface area contributed by atoms with Crippen LogP contribution < -0.4 is 5.32 Å². The normalized spacial score (nSPS) is 14.3. The van der Waals surface area contributed by atoms with E-state index in [4.69, 9.17) is 0 Å². The molecule has 0 aromatic heterocycles. The number of hydrogen-bond acceptors (Lipinski definition) is 1. The third-order valence-electron chi connectivity index (χ3n) is 3.76. The molecule has 0 saturated heterocycles. The van der Waals surface area contributed by atoms with Crippen molar-refractivity contribution in [3.8, 4) is 0 Å². The summed E-state index contributed by atoms with van der Waals surface area (Å²) in [5, 5.41) is 3.72. The molecule has 1 heteroatoms. The average Bonchev–Trinajstić information content (AvgIpc) is 2.37. The summed E-state index contributed by atoms with van der Waals surface area (Å²) in [5.41, 5.74) is 2.83. The molecule has 0 bridgehead atoms. The summed E-state index contributed by atoms with van der Waals surface area (Å²) in [6.45, 7) is 9.06. The van der Waals surface area contributed by atoms with Gasteiger partial charge in [0.25, 0.3) is 0 Å². The number of unbranched alkanes of at least 4 members (excludes halogenated alkanes) is 2. The topological polar surface area (TPSA) is 12.0 Å². The first kappa shape index (κ1) is 16.2. The van der Waals surface area contributed by atoms with Gasteiger partial charge in [-0.3, -0.25) is 0 Å². The second-order valence-electron chi connectivity index (χ2n) is 5.99. The molecular formula is C18H31N. The summed E-state index contributed by atoms with van der Waals surface area (Å²) in [7, 11) is 0. The zero-order valence-corrected chi connectivity index (χ0v) is 13.2. The second kappa shape index (κ2) is 9.14. The molecule has 1 nitrogen and oxygen atoms in total. The van der Waals surface area contributed by atoms with E-state index in [0.29, 0.717) is 12.1 Å². The lowest BCUT2D eigenvalue weighted by Gasteiger charge is -2.20. The highest BCUT2D eigenvalue weighted by Crippen LogP contribution is 2.09. The van der Waals surface area contributed by atoms with E-state index in [1.165, 1.54) is 49.7 Å². The molecule has 0 fully saturated rings. The van der Waals surface area contributed by atoms with Gasteiger partial charge in [0.2, 0.25) is 0 Å². The molecule has 1 aromatic carbocycles. The van der Waals surface area contributed by atoms with Crippen molar-refractivity contribution in [3.63, 3.8) is 0 Å². The van der Waals surface area contributed by atoms with Gasteiger partial charge < -0.3 is 5.32 Å². The maximum Gasteiger partial charge on any atom is 0.00443 e. The Morgan fingerprint density at radius 1 is 1.05 bits per heavy atom. The number of nitrogens with one attached hydrogen (secondary N) is 1. The van der Waals surface area contributed by atoms with E-state index in [2.05, 4.69) is 57.3 Å². The van der Waals surface area contributed by atoms with Crippen LogP contribution in [0.25, 0.3) is 0 Å². The van der Waals surface area contributed by atoms with Gasteiger partial charge in [-0.1, -0.05) is 56.0 Å². The first-order valence-corrected chi connectivity index (χ1v) is 7.93. The lowest BCUT2D eigenvalue weighted by molar-refractivity contribution is 0.417. The average molecular weight is 261 g/mol. The van der Waals surface area contributed by atoms with Gasteiger partial charge in [-0.2, -0.15) is 0 Å². The summed E-state index contributed by atoms with van der Waals surface area (Å²) < 4.78 is 0. The molecular weight excluding hydrogens is 230 g/mol. The van der Waals surface area contributed by atoms with Gasteiger partial charge in [0, 0.05) is 12.1 Å². The molecule has 0 aliphatic heterocycles. The van der Waals surface area contributed by atoms with Crippen LogP contribution in [0.15, 0.2) is 24.3 Å². The van der Waals surface area contributed by atoms with Crippen molar-refractivity contribution in [2.75, 3.05) is 0 Å². The standard InChI is InChI=1S/C18H31N/c1-5-6-7-10-16(3)19-17(4)12-13-18-11-8-9-15(2)14-18/h8-9,11,14,16-17,19H,5-7,10,12-13H2,1-4H3. The Kier molecular flexibility index (Phi) is 7.81. The fourth-order valence-corrected chi connectivity index (χ4v) is 2.60. The first-order valence-electron chi connectivity index (χ1n) is 7.93. The zero-order valence-electron chi connectivity index (χ0n) is 13.2. The molecule has 2 unspecified atom stereocenters. The van der Waals surface area contributed by atoms with Crippen LogP contribution in [0, 0.1) is 6.92 Å². The van der Waals surface area contributed by atoms with E-state index in [0.717, 1.165) is 0 Å². The van der Waals surface area contributed by atoms with Crippen molar-refractivity contribution < 1.29 is 0 Å². The summed E-state index contributed by atoms with van der Waals surface area (Å²) in [6.07, 6.45) is 7.75. The van der Waals surface area contributed by atoms with Gasteiger partial charge >= 0.3 is 0 Å². The van der Waals surface area contributed by atoms with Gasteiger partial charge in [-0.05, 0) is 45.6 Å². The number of benzene rings is 1. The Hall–Kier alpha value is -0.820. The molecule has 1 N–H and O–H groups in total. The molecule has 1 aromatic rings. The predicted molar refractivity (Wildman–Crippen MR) is 85.7 cm³/mol. The Bertz CT molecular complexity index is 345.